The predicted molar refractivity (Wildman–Crippen MR) is 59.8 cm³/mol. The van der Waals surface area contributed by atoms with Crippen molar-refractivity contribution in [2.45, 2.75) is 18.1 Å². The maximum absolute atomic E-state index is 12.8. The van der Waals surface area contributed by atoms with Crippen LogP contribution in [0.4, 0.5) is 22.0 Å². The monoisotopic (exact) mass is 363 g/mol. The second-order valence-corrected chi connectivity index (χ2v) is 3.92. The van der Waals surface area contributed by atoms with Crippen LogP contribution < -0.4 is 4.74 Å². The molecule has 0 bridgehead atoms. The van der Waals surface area contributed by atoms with E-state index in [1.807, 2.05) is 0 Å². The lowest BCUT2D eigenvalue weighted by atomic mass is 10.1. The second-order valence-electron chi connectivity index (χ2n) is 3.36. The van der Waals surface area contributed by atoms with Gasteiger partial charge in [-0.3, -0.25) is 0 Å². The fourth-order valence-electron chi connectivity index (χ4n) is 1.32. The quantitative estimate of drug-likeness (QED) is 0.466. The van der Waals surface area contributed by atoms with Crippen LogP contribution in [0.3, 0.4) is 0 Å². The lowest BCUT2D eigenvalue weighted by Gasteiger charge is -2.15. The van der Waals surface area contributed by atoms with Crippen molar-refractivity contribution >= 4 is 21.9 Å². The highest BCUT2D eigenvalue weighted by Crippen LogP contribution is 2.35. The Balaban J connectivity index is 3.45. The number of esters is 1. The Labute approximate surface area is 118 Å². The van der Waals surface area contributed by atoms with Crippen LogP contribution in [0, 0.1) is 0 Å². The van der Waals surface area contributed by atoms with Gasteiger partial charge < -0.3 is 9.47 Å². The smallest absolute Gasteiger partial charge is 0.464 e. The number of rotatable bonds is 4. The number of carbonyl (C=O) groups is 1. The average molecular weight is 364 g/mol. The third-order valence-electron chi connectivity index (χ3n) is 2.08. The molecule has 112 valence electrons. The third-order valence-corrected chi connectivity index (χ3v) is 2.68. The maximum atomic E-state index is 12.8. The number of alkyl halides is 6. The van der Waals surface area contributed by atoms with E-state index < -0.39 is 35.9 Å². The van der Waals surface area contributed by atoms with E-state index >= 15 is 0 Å². The lowest BCUT2D eigenvalue weighted by molar-refractivity contribution is -0.276. The van der Waals surface area contributed by atoms with Gasteiger partial charge >= 0.3 is 12.3 Å². The van der Waals surface area contributed by atoms with Crippen LogP contribution >= 0.6 is 15.9 Å². The topological polar surface area (TPSA) is 48.4 Å². The van der Waals surface area contributed by atoms with E-state index in [0.717, 1.165) is 13.2 Å². The Morgan fingerprint density at radius 3 is 2.45 bits per heavy atom. The van der Waals surface area contributed by atoms with Gasteiger partial charge in [-0.15, -0.1) is 13.2 Å². The molecule has 0 radical (unpaired) electrons. The summed E-state index contributed by atoms with van der Waals surface area (Å²) in [4.78, 5) is 14.4. The summed E-state index contributed by atoms with van der Waals surface area (Å²) >= 11 is 2.85. The molecule has 1 aromatic rings. The van der Waals surface area contributed by atoms with E-state index in [-0.39, 0.29) is 10.9 Å². The Morgan fingerprint density at radius 1 is 1.45 bits per heavy atom. The van der Waals surface area contributed by atoms with Gasteiger partial charge in [-0.25, -0.2) is 18.6 Å². The number of aromatic nitrogens is 1. The summed E-state index contributed by atoms with van der Waals surface area (Å²) in [6.45, 7) is 0. The number of carbonyl (C=O) groups excluding carboxylic acids is 1. The molecule has 1 rings (SSSR count). The minimum absolute atomic E-state index is 0.215. The first-order chi connectivity index (χ1) is 9.19. The standard InChI is InChI=1S/C10H7BrF5NO3/c1-19-9(18)5-2-4(3-11)6(7(12)13)8(17-5)20-10(14,15)16/h2,7H,3H2,1H3. The van der Waals surface area contributed by atoms with E-state index in [1.165, 1.54) is 0 Å². The zero-order valence-corrected chi connectivity index (χ0v) is 11.4. The average Bonchev–Trinajstić information content (AvgIpc) is 2.34. The molecule has 0 atom stereocenters. The van der Waals surface area contributed by atoms with Crippen LogP contribution in [-0.4, -0.2) is 24.4 Å². The predicted octanol–water partition coefficient (Wildman–Crippen LogP) is 3.60. The molecule has 0 fully saturated rings. The molecule has 0 saturated heterocycles. The summed E-state index contributed by atoms with van der Waals surface area (Å²) in [6.07, 6.45) is -8.46. The molecule has 0 unspecified atom stereocenters. The van der Waals surface area contributed by atoms with Gasteiger partial charge in [0, 0.05) is 5.33 Å². The minimum atomic E-state index is -5.21. The van der Waals surface area contributed by atoms with E-state index in [2.05, 4.69) is 30.4 Å². The highest BCUT2D eigenvalue weighted by molar-refractivity contribution is 9.08. The molecule has 0 aromatic carbocycles. The zero-order valence-electron chi connectivity index (χ0n) is 9.80. The number of ether oxygens (including phenoxy) is 2. The molecule has 0 N–H and O–H groups in total. The molecule has 1 heterocycles. The van der Waals surface area contributed by atoms with Crippen molar-refractivity contribution in [2.24, 2.45) is 0 Å². The van der Waals surface area contributed by atoms with Gasteiger partial charge in [0.15, 0.2) is 5.69 Å². The van der Waals surface area contributed by atoms with Gasteiger partial charge in [-0.1, -0.05) is 15.9 Å². The summed E-state index contributed by atoms with van der Waals surface area (Å²) < 4.78 is 70.0. The molecular weight excluding hydrogens is 357 g/mol. The number of methoxy groups -OCH3 is 1. The lowest BCUT2D eigenvalue weighted by Crippen LogP contribution is -2.21. The summed E-state index contributed by atoms with van der Waals surface area (Å²) in [7, 11) is 0.975. The molecule has 0 amide bonds. The minimum Gasteiger partial charge on any atom is -0.464 e. The van der Waals surface area contributed by atoms with Crippen LogP contribution in [0.5, 0.6) is 5.88 Å². The highest BCUT2D eigenvalue weighted by atomic mass is 79.9. The van der Waals surface area contributed by atoms with Gasteiger partial charge in [0.2, 0.25) is 5.88 Å². The molecule has 0 saturated carbocycles. The first-order valence-electron chi connectivity index (χ1n) is 4.91. The van der Waals surface area contributed by atoms with Crippen molar-refractivity contribution in [3.63, 3.8) is 0 Å². The van der Waals surface area contributed by atoms with E-state index in [4.69, 9.17) is 0 Å². The molecule has 20 heavy (non-hydrogen) atoms. The van der Waals surface area contributed by atoms with Gasteiger partial charge in [-0.05, 0) is 11.6 Å². The number of halogens is 6. The summed E-state index contributed by atoms with van der Waals surface area (Å²) in [6, 6.07) is 0.908. The summed E-state index contributed by atoms with van der Waals surface area (Å²) in [5.74, 6) is -2.44. The zero-order chi connectivity index (χ0) is 15.5. The SMILES string of the molecule is COC(=O)c1cc(CBr)c(C(F)F)c(OC(F)(F)F)n1. The summed E-state index contributed by atoms with van der Waals surface area (Å²) in [5.41, 5.74) is -1.85. The molecular formula is C10H7BrF5NO3. The largest absolute Gasteiger partial charge is 0.574 e. The van der Waals surface area contributed by atoms with E-state index in [0.29, 0.717) is 0 Å². The van der Waals surface area contributed by atoms with Gasteiger partial charge in [0.25, 0.3) is 6.43 Å². The van der Waals surface area contributed by atoms with Gasteiger partial charge in [0.1, 0.15) is 0 Å². The number of hydrogen-bond acceptors (Lipinski definition) is 4. The maximum Gasteiger partial charge on any atom is 0.574 e. The number of nitrogens with zero attached hydrogens (tertiary/aromatic N) is 1. The Morgan fingerprint density at radius 2 is 2.05 bits per heavy atom. The summed E-state index contributed by atoms with van der Waals surface area (Å²) in [5, 5.41) is -0.215. The number of hydrogen-bond donors (Lipinski definition) is 0. The fourth-order valence-corrected chi connectivity index (χ4v) is 1.79. The molecule has 0 aliphatic heterocycles. The first-order valence-corrected chi connectivity index (χ1v) is 6.03. The van der Waals surface area contributed by atoms with Crippen molar-refractivity contribution in [2.75, 3.05) is 7.11 Å². The van der Waals surface area contributed by atoms with Crippen LogP contribution in [0.15, 0.2) is 6.07 Å². The van der Waals surface area contributed by atoms with Crippen molar-refractivity contribution in [3.8, 4) is 5.88 Å². The molecule has 10 heteroatoms. The van der Waals surface area contributed by atoms with Crippen molar-refractivity contribution in [1.82, 2.24) is 4.98 Å². The van der Waals surface area contributed by atoms with Gasteiger partial charge in [-0.2, -0.15) is 0 Å². The Hall–Kier alpha value is -1.45. The molecule has 0 spiro atoms. The number of pyridine rings is 1. The van der Waals surface area contributed by atoms with E-state index in [1.54, 1.807) is 0 Å². The second kappa shape index (κ2) is 6.33. The Kier molecular flexibility index (Phi) is 5.26. The fraction of sp³-hybridized carbons (Fsp3) is 0.400. The van der Waals surface area contributed by atoms with Crippen LogP contribution in [0.1, 0.15) is 28.0 Å². The Bertz CT molecular complexity index is 506. The van der Waals surface area contributed by atoms with Crippen LogP contribution in [-0.2, 0) is 10.1 Å². The van der Waals surface area contributed by atoms with Crippen LogP contribution in [0.25, 0.3) is 0 Å². The normalized spacial score (nSPS) is 11.6. The van der Waals surface area contributed by atoms with Crippen molar-refractivity contribution in [3.05, 3.63) is 22.9 Å². The molecule has 0 aliphatic rings. The molecule has 4 nitrogen and oxygen atoms in total. The molecule has 1 aromatic heterocycles. The van der Waals surface area contributed by atoms with Crippen molar-refractivity contribution in [1.29, 1.82) is 0 Å². The van der Waals surface area contributed by atoms with Crippen LogP contribution in [0.2, 0.25) is 0 Å². The van der Waals surface area contributed by atoms with Crippen molar-refractivity contribution < 1.29 is 36.2 Å². The molecule has 0 aliphatic carbocycles. The first kappa shape index (κ1) is 16.6. The van der Waals surface area contributed by atoms with E-state index in [9.17, 15) is 26.7 Å². The highest BCUT2D eigenvalue weighted by Gasteiger charge is 2.35. The van der Waals surface area contributed by atoms with Gasteiger partial charge in [0.05, 0.1) is 12.7 Å². The third kappa shape index (κ3) is 4.02.